The fraction of sp³-hybridized carbons (Fsp3) is 0.300. The Morgan fingerprint density at radius 1 is 1.36 bits per heavy atom. The molecule has 2 heterocycles. The first-order valence-corrected chi connectivity index (χ1v) is 6.15. The van der Waals surface area contributed by atoms with E-state index in [4.69, 9.17) is 0 Å². The van der Waals surface area contributed by atoms with E-state index in [9.17, 15) is 0 Å². The molecule has 2 aromatic heterocycles. The number of thiophene rings is 1. The average molecular weight is 224 g/mol. The molecule has 0 unspecified atom stereocenters. The number of nitrogens with one attached hydrogen (secondary N) is 1. The van der Waals surface area contributed by atoms with Crippen LogP contribution in [0, 0.1) is 13.8 Å². The Morgan fingerprint density at radius 3 is 2.79 bits per heavy atom. The number of nitrogens with zero attached hydrogens (tertiary/aromatic N) is 1. The van der Waals surface area contributed by atoms with Gasteiger partial charge in [0.05, 0.1) is 12.2 Å². The van der Waals surface area contributed by atoms with E-state index in [-0.39, 0.29) is 0 Å². The quantitative estimate of drug-likeness (QED) is 0.864. The molecule has 0 bridgehead atoms. The molecule has 4 heteroatoms. The summed E-state index contributed by atoms with van der Waals surface area (Å²) in [4.78, 5) is 7.06. The van der Waals surface area contributed by atoms with E-state index >= 15 is 0 Å². The SMILES string of the molecule is Cc1csc(NCc2ccc(C)s2)n1. The predicted molar refractivity (Wildman–Crippen MR) is 63.2 cm³/mol. The molecule has 2 nitrogen and oxygen atoms in total. The zero-order valence-electron chi connectivity index (χ0n) is 8.20. The Kier molecular flexibility index (Phi) is 2.84. The molecule has 0 radical (unpaired) electrons. The van der Waals surface area contributed by atoms with Gasteiger partial charge in [0.1, 0.15) is 0 Å². The molecule has 14 heavy (non-hydrogen) atoms. The minimum Gasteiger partial charge on any atom is -0.357 e. The minimum absolute atomic E-state index is 0.880. The van der Waals surface area contributed by atoms with Crippen LogP contribution in [0.25, 0.3) is 0 Å². The van der Waals surface area contributed by atoms with Crippen LogP contribution in [0.3, 0.4) is 0 Å². The van der Waals surface area contributed by atoms with Crippen molar-refractivity contribution in [2.75, 3.05) is 5.32 Å². The molecule has 0 amide bonds. The van der Waals surface area contributed by atoms with Crippen molar-refractivity contribution >= 4 is 27.8 Å². The average Bonchev–Trinajstić information content (AvgIpc) is 2.72. The summed E-state index contributed by atoms with van der Waals surface area (Å²) in [7, 11) is 0. The second-order valence-electron chi connectivity index (χ2n) is 3.16. The van der Waals surface area contributed by atoms with Crippen molar-refractivity contribution in [2.45, 2.75) is 20.4 Å². The van der Waals surface area contributed by atoms with Crippen LogP contribution in [0.4, 0.5) is 5.13 Å². The first kappa shape index (κ1) is 9.68. The highest BCUT2D eigenvalue weighted by atomic mass is 32.1. The second-order valence-corrected chi connectivity index (χ2v) is 5.39. The second kappa shape index (κ2) is 4.11. The highest BCUT2D eigenvalue weighted by Crippen LogP contribution is 2.19. The number of hydrogen-bond donors (Lipinski definition) is 1. The summed E-state index contributed by atoms with van der Waals surface area (Å²) >= 11 is 3.49. The fourth-order valence-corrected chi connectivity index (χ4v) is 2.70. The normalized spacial score (nSPS) is 10.4. The van der Waals surface area contributed by atoms with Crippen LogP contribution >= 0.6 is 22.7 Å². The minimum atomic E-state index is 0.880. The van der Waals surface area contributed by atoms with Gasteiger partial charge in [-0.3, -0.25) is 0 Å². The topological polar surface area (TPSA) is 24.9 Å². The van der Waals surface area contributed by atoms with Gasteiger partial charge in [0.2, 0.25) is 0 Å². The molecule has 0 saturated heterocycles. The van der Waals surface area contributed by atoms with E-state index in [2.05, 4.69) is 34.7 Å². The highest BCUT2D eigenvalue weighted by Gasteiger charge is 1.99. The maximum atomic E-state index is 4.34. The Bertz CT molecular complexity index is 377. The number of anilines is 1. The summed E-state index contributed by atoms with van der Waals surface area (Å²) in [6.45, 7) is 5.02. The van der Waals surface area contributed by atoms with Gasteiger partial charge < -0.3 is 5.32 Å². The number of hydrogen-bond acceptors (Lipinski definition) is 4. The fourth-order valence-electron chi connectivity index (χ4n) is 1.18. The van der Waals surface area contributed by atoms with Gasteiger partial charge in [-0.1, -0.05) is 0 Å². The molecule has 0 aliphatic heterocycles. The lowest BCUT2D eigenvalue weighted by atomic mass is 10.4. The van der Waals surface area contributed by atoms with E-state index in [1.807, 2.05) is 18.3 Å². The van der Waals surface area contributed by atoms with Crippen LogP contribution in [0.15, 0.2) is 17.5 Å². The molecule has 0 aromatic carbocycles. The van der Waals surface area contributed by atoms with E-state index < -0.39 is 0 Å². The van der Waals surface area contributed by atoms with Crippen molar-refractivity contribution in [1.29, 1.82) is 0 Å². The van der Waals surface area contributed by atoms with Gasteiger partial charge in [-0.05, 0) is 26.0 Å². The lowest BCUT2D eigenvalue weighted by Gasteiger charge is -1.98. The van der Waals surface area contributed by atoms with Crippen LogP contribution in [-0.4, -0.2) is 4.98 Å². The third-order valence-electron chi connectivity index (χ3n) is 1.83. The lowest BCUT2D eigenvalue weighted by Crippen LogP contribution is -1.96. The maximum Gasteiger partial charge on any atom is 0.183 e. The smallest absolute Gasteiger partial charge is 0.183 e. The standard InChI is InChI=1S/C10H12N2S2/c1-7-6-13-10(12-7)11-5-9-4-3-8(2)14-9/h3-4,6H,5H2,1-2H3,(H,11,12). The largest absolute Gasteiger partial charge is 0.357 e. The van der Waals surface area contributed by atoms with Gasteiger partial charge in [-0.25, -0.2) is 4.98 Å². The third kappa shape index (κ3) is 2.33. The highest BCUT2D eigenvalue weighted by molar-refractivity contribution is 7.13. The Hall–Kier alpha value is -0.870. The lowest BCUT2D eigenvalue weighted by molar-refractivity contribution is 1.15. The van der Waals surface area contributed by atoms with Crippen molar-refractivity contribution in [1.82, 2.24) is 4.98 Å². The molecule has 2 aromatic rings. The molecule has 0 aliphatic rings. The summed E-state index contributed by atoms with van der Waals surface area (Å²) < 4.78 is 0. The Labute approximate surface area is 91.6 Å². The summed E-state index contributed by atoms with van der Waals surface area (Å²) in [6, 6.07) is 4.31. The summed E-state index contributed by atoms with van der Waals surface area (Å²) in [5, 5.41) is 6.38. The number of rotatable bonds is 3. The molecule has 2 rings (SSSR count). The molecule has 0 fully saturated rings. The molecule has 74 valence electrons. The number of aromatic nitrogens is 1. The summed E-state index contributed by atoms with van der Waals surface area (Å²) in [5.74, 6) is 0. The summed E-state index contributed by atoms with van der Waals surface area (Å²) in [5.41, 5.74) is 1.08. The number of aryl methyl sites for hydroxylation is 2. The van der Waals surface area contributed by atoms with Crippen molar-refractivity contribution < 1.29 is 0 Å². The van der Waals surface area contributed by atoms with Crippen LogP contribution in [0.2, 0.25) is 0 Å². The summed E-state index contributed by atoms with van der Waals surface area (Å²) in [6.07, 6.45) is 0. The van der Waals surface area contributed by atoms with Gasteiger partial charge in [-0.15, -0.1) is 22.7 Å². The molecular weight excluding hydrogens is 212 g/mol. The van der Waals surface area contributed by atoms with Crippen molar-refractivity contribution in [2.24, 2.45) is 0 Å². The Balaban J connectivity index is 1.94. The zero-order chi connectivity index (χ0) is 9.97. The van der Waals surface area contributed by atoms with E-state index in [1.165, 1.54) is 9.75 Å². The zero-order valence-corrected chi connectivity index (χ0v) is 9.84. The van der Waals surface area contributed by atoms with Gasteiger partial charge in [0.25, 0.3) is 0 Å². The van der Waals surface area contributed by atoms with Crippen LogP contribution < -0.4 is 5.32 Å². The van der Waals surface area contributed by atoms with E-state index in [1.54, 1.807) is 11.3 Å². The van der Waals surface area contributed by atoms with Crippen LogP contribution in [0.1, 0.15) is 15.4 Å². The third-order valence-corrected chi connectivity index (χ3v) is 3.75. The van der Waals surface area contributed by atoms with Crippen molar-refractivity contribution in [3.05, 3.63) is 33.0 Å². The maximum absolute atomic E-state index is 4.34. The van der Waals surface area contributed by atoms with Gasteiger partial charge in [-0.2, -0.15) is 0 Å². The van der Waals surface area contributed by atoms with Crippen molar-refractivity contribution in [3.63, 3.8) is 0 Å². The molecular formula is C10H12N2S2. The van der Waals surface area contributed by atoms with E-state index in [0.29, 0.717) is 0 Å². The molecule has 0 spiro atoms. The Morgan fingerprint density at radius 2 is 2.21 bits per heavy atom. The molecule has 0 atom stereocenters. The van der Waals surface area contributed by atoms with E-state index in [0.717, 1.165) is 17.4 Å². The first-order valence-electron chi connectivity index (χ1n) is 4.45. The monoisotopic (exact) mass is 224 g/mol. The van der Waals surface area contributed by atoms with Crippen LogP contribution in [-0.2, 0) is 6.54 Å². The van der Waals surface area contributed by atoms with Gasteiger partial charge >= 0.3 is 0 Å². The molecule has 0 aliphatic carbocycles. The number of thiazole rings is 1. The predicted octanol–water partition coefficient (Wildman–Crippen LogP) is 3.43. The molecule has 0 saturated carbocycles. The van der Waals surface area contributed by atoms with Crippen molar-refractivity contribution in [3.8, 4) is 0 Å². The molecule has 1 N–H and O–H groups in total. The van der Waals surface area contributed by atoms with Crippen LogP contribution in [0.5, 0.6) is 0 Å². The first-order chi connectivity index (χ1) is 6.74. The van der Waals surface area contributed by atoms with Gasteiger partial charge in [0.15, 0.2) is 5.13 Å². The van der Waals surface area contributed by atoms with Gasteiger partial charge in [0, 0.05) is 15.1 Å².